The molecule has 0 bridgehead atoms. The maximum atomic E-state index is 11.3. The zero-order chi connectivity index (χ0) is 33.3. The molecule has 0 aromatic carbocycles. The van der Waals surface area contributed by atoms with Crippen LogP contribution in [-0.4, -0.2) is 78.9 Å². The number of rotatable bonds is 10. The number of aliphatic hydroxyl groups is 1. The summed E-state index contributed by atoms with van der Waals surface area (Å²) in [6.07, 6.45) is 0.381. The quantitative estimate of drug-likeness (QED) is 0.269. The summed E-state index contributed by atoms with van der Waals surface area (Å²) in [5.74, 6) is 1.80. The number of hydrogen-bond acceptors (Lipinski definition) is 8. The molecule has 0 aliphatic carbocycles. The smallest absolute Gasteiger partial charge is 0.185 e. The van der Waals surface area contributed by atoms with Gasteiger partial charge < -0.3 is 38.3 Å². The fourth-order valence-electron chi connectivity index (χ4n) is 8.61. The van der Waals surface area contributed by atoms with Gasteiger partial charge in [-0.1, -0.05) is 83.1 Å². The molecule has 0 aromatic rings. The maximum absolute atomic E-state index is 11.3. The average molecular weight is 641 g/mol. The number of aliphatic hydroxyl groups excluding tert-OH is 1. The standard InChI is InChI=1S/C37H68O8/c1-14-27-19(6)23(10)32(26(13)39-27)43-36-34(25(12)21(8)29(16-3)41-36)45-37-33(24(11)20(7)30(17-4)42-37)44-35-31(38)22(9)18(5)28(15-2)40-35/h18-38H,14-17H2,1-13H3/t18-,19-,20-,21-,22+,23+,24+,25+,26+,27?,28?,29?,30?,31?,32?,33?,34?,35+,36+,37+/m1/s1. The molecule has 0 aromatic heterocycles. The Balaban J connectivity index is 1.61. The van der Waals surface area contributed by atoms with Crippen LogP contribution in [-0.2, 0) is 33.2 Å². The summed E-state index contributed by atoms with van der Waals surface area (Å²) < 4.78 is 47.1. The maximum Gasteiger partial charge on any atom is 0.185 e. The summed E-state index contributed by atoms with van der Waals surface area (Å²) in [7, 11) is 0. The summed E-state index contributed by atoms with van der Waals surface area (Å²) in [6.45, 7) is 28.5. The Labute approximate surface area is 274 Å². The molecule has 4 heterocycles. The van der Waals surface area contributed by atoms with Crippen LogP contribution in [0.5, 0.6) is 0 Å². The predicted octanol–water partition coefficient (Wildman–Crippen LogP) is 7.19. The van der Waals surface area contributed by atoms with Gasteiger partial charge in [0, 0.05) is 0 Å². The third-order valence-electron chi connectivity index (χ3n) is 12.8. The van der Waals surface area contributed by atoms with Crippen molar-refractivity contribution in [3.63, 3.8) is 0 Å². The first-order valence-corrected chi connectivity index (χ1v) is 18.5. The molecule has 264 valence electrons. The van der Waals surface area contributed by atoms with Gasteiger partial charge in [-0.05, 0) is 80.0 Å². The van der Waals surface area contributed by atoms with Gasteiger partial charge in [0.1, 0.15) is 18.3 Å². The van der Waals surface area contributed by atoms with Gasteiger partial charge in [0.2, 0.25) is 0 Å². The normalized spacial score (nSPS) is 52.9. The van der Waals surface area contributed by atoms with Gasteiger partial charge in [-0.25, -0.2) is 0 Å². The van der Waals surface area contributed by atoms with Gasteiger partial charge in [0.15, 0.2) is 18.9 Å². The van der Waals surface area contributed by atoms with Crippen LogP contribution in [0, 0.1) is 47.3 Å². The van der Waals surface area contributed by atoms with Gasteiger partial charge in [-0.3, -0.25) is 0 Å². The Morgan fingerprint density at radius 2 is 0.711 bits per heavy atom. The third kappa shape index (κ3) is 7.64. The van der Waals surface area contributed by atoms with E-state index in [2.05, 4.69) is 90.0 Å². The molecular weight excluding hydrogens is 572 g/mol. The molecule has 20 atom stereocenters. The lowest BCUT2D eigenvalue weighted by Gasteiger charge is -2.52. The minimum atomic E-state index is -0.738. The first-order valence-electron chi connectivity index (χ1n) is 18.5. The SMILES string of the molecule is CCC1O[C@@H](OC2[C@H](OC3[C@H](OC4[C@H](C)OC(CC)[C@H](C)[C@@H]4C)OC(CC)[C@H](C)[C@@H]3C)OC(CC)[C@H](C)[C@@H]2C)C(O)[C@@H](C)[C@H]1C. The van der Waals surface area contributed by atoms with Crippen LogP contribution in [0.2, 0.25) is 0 Å². The summed E-state index contributed by atoms with van der Waals surface area (Å²) in [5, 5.41) is 11.3. The molecule has 0 spiro atoms. The number of hydrogen-bond donors (Lipinski definition) is 1. The molecule has 4 rings (SSSR count). The lowest BCUT2D eigenvalue weighted by molar-refractivity contribution is -0.380. The lowest BCUT2D eigenvalue weighted by Crippen LogP contribution is -2.61. The van der Waals surface area contributed by atoms with Crippen molar-refractivity contribution >= 4 is 0 Å². The first kappa shape index (κ1) is 37.5. The van der Waals surface area contributed by atoms with E-state index >= 15 is 0 Å². The second-order valence-corrected chi connectivity index (χ2v) is 15.3. The van der Waals surface area contributed by atoms with Crippen LogP contribution >= 0.6 is 0 Å². The van der Waals surface area contributed by atoms with E-state index in [-0.39, 0.29) is 78.2 Å². The van der Waals surface area contributed by atoms with E-state index in [1.54, 1.807) is 0 Å². The molecule has 8 nitrogen and oxygen atoms in total. The van der Waals surface area contributed by atoms with Crippen LogP contribution < -0.4 is 0 Å². The Hall–Kier alpha value is -0.320. The van der Waals surface area contributed by atoms with Crippen molar-refractivity contribution in [2.75, 3.05) is 0 Å². The molecule has 1 N–H and O–H groups in total. The zero-order valence-electron chi connectivity index (χ0n) is 30.7. The second kappa shape index (κ2) is 15.9. The van der Waals surface area contributed by atoms with E-state index in [1.807, 2.05) is 0 Å². The molecule has 0 saturated carbocycles. The molecule has 4 aliphatic rings. The van der Waals surface area contributed by atoms with Crippen LogP contribution in [0.1, 0.15) is 116 Å². The van der Waals surface area contributed by atoms with E-state index in [4.69, 9.17) is 33.2 Å². The Morgan fingerprint density at radius 3 is 1.13 bits per heavy atom. The summed E-state index contributed by atoms with van der Waals surface area (Å²) in [6, 6.07) is 0. The molecule has 8 heteroatoms. The second-order valence-electron chi connectivity index (χ2n) is 15.3. The Kier molecular flexibility index (Phi) is 13.3. The molecule has 0 radical (unpaired) electrons. The first-order chi connectivity index (χ1) is 21.3. The van der Waals surface area contributed by atoms with Crippen molar-refractivity contribution in [2.24, 2.45) is 47.3 Å². The molecule has 4 aliphatic heterocycles. The van der Waals surface area contributed by atoms with Gasteiger partial charge in [0.25, 0.3) is 0 Å². The van der Waals surface area contributed by atoms with Crippen LogP contribution in [0.4, 0.5) is 0 Å². The molecule has 45 heavy (non-hydrogen) atoms. The van der Waals surface area contributed by atoms with Crippen molar-refractivity contribution in [1.29, 1.82) is 0 Å². The minimum Gasteiger partial charge on any atom is -0.388 e. The molecule has 8 unspecified atom stereocenters. The topological polar surface area (TPSA) is 84.8 Å². The molecule has 4 fully saturated rings. The van der Waals surface area contributed by atoms with Crippen molar-refractivity contribution in [3.8, 4) is 0 Å². The van der Waals surface area contributed by atoms with Gasteiger partial charge >= 0.3 is 0 Å². The van der Waals surface area contributed by atoms with E-state index in [0.717, 1.165) is 25.7 Å². The highest BCUT2D eigenvalue weighted by molar-refractivity contribution is 4.93. The van der Waals surface area contributed by atoms with E-state index in [0.29, 0.717) is 11.8 Å². The Morgan fingerprint density at radius 1 is 0.400 bits per heavy atom. The fraction of sp³-hybridized carbons (Fsp3) is 1.00. The fourth-order valence-corrected chi connectivity index (χ4v) is 8.61. The van der Waals surface area contributed by atoms with E-state index in [1.165, 1.54) is 0 Å². The lowest BCUT2D eigenvalue weighted by atomic mass is 9.80. The predicted molar refractivity (Wildman–Crippen MR) is 175 cm³/mol. The van der Waals surface area contributed by atoms with Crippen molar-refractivity contribution in [3.05, 3.63) is 0 Å². The van der Waals surface area contributed by atoms with Crippen LogP contribution in [0.3, 0.4) is 0 Å². The number of ether oxygens (including phenoxy) is 7. The van der Waals surface area contributed by atoms with Crippen LogP contribution in [0.15, 0.2) is 0 Å². The van der Waals surface area contributed by atoms with Gasteiger partial charge in [0.05, 0.1) is 36.6 Å². The molecule has 0 amide bonds. The summed E-state index contributed by atoms with van der Waals surface area (Å²) in [5.41, 5.74) is 0. The third-order valence-corrected chi connectivity index (χ3v) is 12.8. The summed E-state index contributed by atoms with van der Waals surface area (Å²) in [4.78, 5) is 0. The van der Waals surface area contributed by atoms with Crippen molar-refractivity contribution in [1.82, 2.24) is 0 Å². The largest absolute Gasteiger partial charge is 0.388 e. The van der Waals surface area contributed by atoms with Crippen molar-refractivity contribution in [2.45, 2.75) is 189 Å². The Bertz CT molecular complexity index is 902. The van der Waals surface area contributed by atoms with Gasteiger partial charge in [-0.2, -0.15) is 0 Å². The molecular formula is C37H68O8. The van der Waals surface area contributed by atoms with E-state index < -0.39 is 31.1 Å². The molecule has 4 saturated heterocycles. The van der Waals surface area contributed by atoms with Gasteiger partial charge in [-0.15, -0.1) is 0 Å². The average Bonchev–Trinajstić information content (AvgIpc) is 3.03. The summed E-state index contributed by atoms with van der Waals surface area (Å²) >= 11 is 0. The monoisotopic (exact) mass is 640 g/mol. The minimum absolute atomic E-state index is 0.0289. The van der Waals surface area contributed by atoms with E-state index in [9.17, 15) is 5.11 Å². The zero-order valence-corrected chi connectivity index (χ0v) is 30.7. The van der Waals surface area contributed by atoms with Crippen LogP contribution in [0.25, 0.3) is 0 Å². The highest BCUT2D eigenvalue weighted by Crippen LogP contribution is 2.43. The highest BCUT2D eigenvalue weighted by Gasteiger charge is 2.52. The van der Waals surface area contributed by atoms with Crippen molar-refractivity contribution < 1.29 is 38.3 Å². The highest BCUT2D eigenvalue weighted by atomic mass is 16.8.